The zero-order valence-electron chi connectivity index (χ0n) is 8.22. The van der Waals surface area contributed by atoms with E-state index in [0.29, 0.717) is 13.0 Å². The molecule has 0 bridgehead atoms. The lowest BCUT2D eigenvalue weighted by atomic mass is 9.91. The van der Waals surface area contributed by atoms with Gasteiger partial charge in [-0.05, 0) is 11.8 Å². The summed E-state index contributed by atoms with van der Waals surface area (Å²) < 4.78 is 4.83. The molecule has 0 radical (unpaired) electrons. The number of carbonyl (C=O) groups is 1. The summed E-state index contributed by atoms with van der Waals surface area (Å²) in [7, 11) is 0. The van der Waals surface area contributed by atoms with Gasteiger partial charge in [-0.3, -0.25) is 4.79 Å². The van der Waals surface area contributed by atoms with E-state index < -0.39 is 0 Å². The highest BCUT2D eigenvalue weighted by atomic mass is 16.5. The fourth-order valence-corrected chi connectivity index (χ4v) is 0.701. The first kappa shape index (κ1) is 11.2. The maximum Gasteiger partial charge on any atom is 0.306 e. The average molecular weight is 170 g/mol. The molecule has 0 aromatic heterocycles. The minimum Gasteiger partial charge on any atom is -0.461 e. The molecule has 0 aliphatic carbocycles. The Morgan fingerprint density at radius 3 is 2.50 bits per heavy atom. The third kappa shape index (κ3) is 7.32. The zero-order valence-corrected chi connectivity index (χ0v) is 8.22. The lowest BCUT2D eigenvalue weighted by molar-refractivity contribution is -0.142. The van der Waals surface area contributed by atoms with Gasteiger partial charge in [-0.1, -0.05) is 33.4 Å². The van der Waals surface area contributed by atoms with Crippen LogP contribution in [0.2, 0.25) is 0 Å². The summed E-state index contributed by atoms with van der Waals surface area (Å²) in [6.07, 6.45) is 2.94. The zero-order chi connectivity index (χ0) is 9.61. The summed E-state index contributed by atoms with van der Waals surface area (Å²) in [5, 5.41) is 0. The predicted octanol–water partition coefficient (Wildman–Crippen LogP) is 2.54. The molecule has 70 valence electrons. The summed E-state index contributed by atoms with van der Waals surface area (Å²) in [6, 6.07) is 0. The first-order valence-corrected chi connectivity index (χ1v) is 4.22. The third-order valence-electron chi connectivity index (χ3n) is 1.44. The smallest absolute Gasteiger partial charge is 0.306 e. The molecule has 0 aromatic rings. The summed E-state index contributed by atoms with van der Waals surface area (Å²) in [4.78, 5) is 11.0. The maximum atomic E-state index is 11.0. The summed E-state index contributed by atoms with van der Waals surface area (Å²) in [5.41, 5.74) is 0.202. The van der Waals surface area contributed by atoms with Crippen molar-refractivity contribution in [3.8, 4) is 0 Å². The molecule has 0 spiro atoms. The summed E-state index contributed by atoms with van der Waals surface area (Å²) in [6.45, 7) is 10.1. The van der Waals surface area contributed by atoms with Crippen molar-refractivity contribution in [2.45, 2.75) is 33.6 Å². The van der Waals surface area contributed by atoms with Gasteiger partial charge in [-0.25, -0.2) is 0 Å². The molecule has 12 heavy (non-hydrogen) atoms. The molecule has 0 aliphatic rings. The largest absolute Gasteiger partial charge is 0.461 e. The lowest BCUT2D eigenvalue weighted by Gasteiger charge is -2.16. The maximum absolute atomic E-state index is 11.0. The Bertz CT molecular complexity index is 154. The van der Waals surface area contributed by atoms with Crippen molar-refractivity contribution in [3.63, 3.8) is 0 Å². The van der Waals surface area contributed by atoms with Crippen LogP contribution in [0.1, 0.15) is 33.6 Å². The molecule has 0 saturated heterocycles. The van der Waals surface area contributed by atoms with E-state index in [1.807, 2.05) is 0 Å². The molecule has 0 atom stereocenters. The Balaban J connectivity index is 3.51. The topological polar surface area (TPSA) is 26.3 Å². The molecule has 2 heteroatoms. The standard InChI is InChI=1S/C10H18O2/c1-5-8-12-9(11)6-7-10(2,3)4/h5H,1,6-8H2,2-4H3. The first-order valence-electron chi connectivity index (χ1n) is 4.22. The molecule has 0 aliphatic heterocycles. The molecule has 0 saturated carbocycles. The lowest BCUT2D eigenvalue weighted by Crippen LogP contribution is -2.11. The summed E-state index contributed by atoms with van der Waals surface area (Å²) in [5.74, 6) is -0.134. The van der Waals surface area contributed by atoms with Gasteiger partial charge in [0.05, 0.1) is 0 Å². The van der Waals surface area contributed by atoms with Crippen LogP contribution in [0.15, 0.2) is 12.7 Å². The van der Waals surface area contributed by atoms with Crippen LogP contribution < -0.4 is 0 Å². The van der Waals surface area contributed by atoms with Crippen molar-refractivity contribution in [1.82, 2.24) is 0 Å². The van der Waals surface area contributed by atoms with Crippen LogP contribution in [0, 0.1) is 5.41 Å². The molecule has 0 N–H and O–H groups in total. The number of hydrogen-bond donors (Lipinski definition) is 0. The van der Waals surface area contributed by atoms with Gasteiger partial charge in [0.15, 0.2) is 0 Å². The minimum absolute atomic E-state index is 0.134. The van der Waals surface area contributed by atoms with Gasteiger partial charge in [0.2, 0.25) is 0 Å². The van der Waals surface area contributed by atoms with Gasteiger partial charge in [-0.15, -0.1) is 0 Å². The van der Waals surface area contributed by atoms with E-state index in [1.54, 1.807) is 6.08 Å². The monoisotopic (exact) mass is 170 g/mol. The van der Waals surface area contributed by atoms with Crippen LogP contribution in [-0.2, 0) is 9.53 Å². The van der Waals surface area contributed by atoms with E-state index in [1.165, 1.54) is 0 Å². The van der Waals surface area contributed by atoms with Crippen LogP contribution in [0.5, 0.6) is 0 Å². The van der Waals surface area contributed by atoms with Crippen molar-refractivity contribution in [3.05, 3.63) is 12.7 Å². The normalized spacial score (nSPS) is 10.9. The second kappa shape index (κ2) is 4.96. The predicted molar refractivity (Wildman–Crippen MR) is 49.8 cm³/mol. The Morgan fingerprint density at radius 2 is 2.08 bits per heavy atom. The van der Waals surface area contributed by atoms with Gasteiger partial charge < -0.3 is 4.74 Å². The highest BCUT2D eigenvalue weighted by Gasteiger charge is 2.12. The van der Waals surface area contributed by atoms with E-state index >= 15 is 0 Å². The van der Waals surface area contributed by atoms with Crippen molar-refractivity contribution < 1.29 is 9.53 Å². The van der Waals surface area contributed by atoms with E-state index in [4.69, 9.17) is 4.74 Å². The number of rotatable bonds is 4. The highest BCUT2D eigenvalue weighted by molar-refractivity contribution is 5.69. The molecule has 0 fully saturated rings. The van der Waals surface area contributed by atoms with E-state index in [-0.39, 0.29) is 11.4 Å². The second-order valence-corrected chi connectivity index (χ2v) is 4.03. The number of ether oxygens (including phenoxy) is 1. The van der Waals surface area contributed by atoms with Crippen molar-refractivity contribution in [1.29, 1.82) is 0 Å². The fraction of sp³-hybridized carbons (Fsp3) is 0.700. The van der Waals surface area contributed by atoms with E-state index in [2.05, 4.69) is 27.4 Å². The number of hydrogen-bond acceptors (Lipinski definition) is 2. The number of carbonyl (C=O) groups excluding carboxylic acids is 1. The summed E-state index contributed by atoms with van der Waals surface area (Å²) >= 11 is 0. The average Bonchev–Trinajstić information content (AvgIpc) is 1.95. The van der Waals surface area contributed by atoms with Crippen LogP contribution in [0.25, 0.3) is 0 Å². The van der Waals surface area contributed by atoms with Crippen molar-refractivity contribution in [2.75, 3.05) is 6.61 Å². The van der Waals surface area contributed by atoms with Crippen LogP contribution >= 0.6 is 0 Å². The van der Waals surface area contributed by atoms with Crippen LogP contribution in [-0.4, -0.2) is 12.6 Å². The molecule has 0 amide bonds. The van der Waals surface area contributed by atoms with E-state index in [0.717, 1.165) is 6.42 Å². The SMILES string of the molecule is C=CCOC(=O)CCC(C)(C)C. The molecule has 0 aromatic carbocycles. The third-order valence-corrected chi connectivity index (χ3v) is 1.44. The van der Waals surface area contributed by atoms with Gasteiger partial charge in [0.1, 0.15) is 6.61 Å². The Kier molecular flexibility index (Phi) is 4.64. The second-order valence-electron chi connectivity index (χ2n) is 4.03. The van der Waals surface area contributed by atoms with Crippen molar-refractivity contribution >= 4 is 5.97 Å². The minimum atomic E-state index is -0.134. The molecular formula is C10H18O2. The van der Waals surface area contributed by atoms with Gasteiger partial charge in [0.25, 0.3) is 0 Å². The fourth-order valence-electron chi connectivity index (χ4n) is 0.701. The molecule has 0 rings (SSSR count). The Labute approximate surface area is 74.6 Å². The van der Waals surface area contributed by atoms with Crippen LogP contribution in [0.4, 0.5) is 0 Å². The Hall–Kier alpha value is -0.790. The molecular weight excluding hydrogens is 152 g/mol. The van der Waals surface area contributed by atoms with Gasteiger partial charge in [0, 0.05) is 6.42 Å². The van der Waals surface area contributed by atoms with Gasteiger partial charge in [-0.2, -0.15) is 0 Å². The number of esters is 1. The van der Waals surface area contributed by atoms with E-state index in [9.17, 15) is 4.79 Å². The first-order chi connectivity index (χ1) is 5.45. The highest BCUT2D eigenvalue weighted by Crippen LogP contribution is 2.20. The van der Waals surface area contributed by atoms with Gasteiger partial charge >= 0.3 is 5.97 Å². The quantitative estimate of drug-likeness (QED) is 0.478. The molecule has 2 nitrogen and oxygen atoms in total. The molecule has 0 heterocycles. The van der Waals surface area contributed by atoms with Crippen LogP contribution in [0.3, 0.4) is 0 Å². The molecule has 0 unspecified atom stereocenters. The van der Waals surface area contributed by atoms with Crippen molar-refractivity contribution in [2.24, 2.45) is 5.41 Å². The Morgan fingerprint density at radius 1 is 1.50 bits per heavy atom.